The number of nitrogens with one attached hydrogen (secondary N) is 1. The first-order chi connectivity index (χ1) is 11.6. The minimum Gasteiger partial charge on any atom is -0.478 e. The summed E-state index contributed by atoms with van der Waals surface area (Å²) in [6, 6.07) is 7.85. The van der Waals surface area contributed by atoms with Gasteiger partial charge >= 0.3 is 0 Å². The van der Waals surface area contributed by atoms with E-state index in [1.54, 1.807) is 24.4 Å². The Morgan fingerprint density at radius 3 is 3.00 bits per heavy atom. The van der Waals surface area contributed by atoms with Crippen LogP contribution in [0.1, 0.15) is 22.2 Å². The molecule has 0 bridgehead atoms. The number of hydrogen-bond acceptors (Lipinski definition) is 4. The normalized spacial score (nSPS) is 10.8. The Balaban J connectivity index is 1.75. The van der Waals surface area contributed by atoms with Gasteiger partial charge in [-0.05, 0) is 36.8 Å². The zero-order valence-corrected chi connectivity index (χ0v) is 14.4. The van der Waals surface area contributed by atoms with Crippen molar-refractivity contribution in [3.8, 4) is 5.88 Å². The van der Waals surface area contributed by atoms with Crippen LogP contribution in [0.4, 0.5) is 4.39 Å². The molecule has 0 aliphatic carbocycles. The number of aromatic nitrogens is 1. The highest BCUT2D eigenvalue weighted by atomic mass is 35.5. The Kier molecular flexibility index (Phi) is 4.97. The van der Waals surface area contributed by atoms with Crippen LogP contribution in [-0.4, -0.2) is 17.5 Å². The molecule has 0 saturated heterocycles. The lowest BCUT2D eigenvalue weighted by Crippen LogP contribution is -2.22. The summed E-state index contributed by atoms with van der Waals surface area (Å²) in [4.78, 5) is 16.8. The predicted octanol–water partition coefficient (Wildman–Crippen LogP) is 4.42. The molecule has 0 spiro atoms. The number of nitrogens with zero attached hydrogens (tertiary/aromatic N) is 1. The highest BCUT2D eigenvalue weighted by molar-refractivity contribution is 7.21. The van der Waals surface area contributed by atoms with Gasteiger partial charge in [-0.2, -0.15) is 0 Å². The molecule has 1 N–H and O–H groups in total. The van der Waals surface area contributed by atoms with E-state index in [9.17, 15) is 9.18 Å². The average Bonchev–Trinajstić information content (AvgIpc) is 2.89. The Morgan fingerprint density at radius 1 is 1.38 bits per heavy atom. The fourth-order valence-electron chi connectivity index (χ4n) is 2.23. The Labute approximate surface area is 147 Å². The first kappa shape index (κ1) is 16.7. The third-order valence-corrected chi connectivity index (χ3v) is 5.00. The van der Waals surface area contributed by atoms with E-state index in [4.69, 9.17) is 16.3 Å². The molecule has 2 aromatic heterocycles. The molecular formula is C17H14ClFN2O2S. The van der Waals surface area contributed by atoms with E-state index < -0.39 is 0 Å². The quantitative estimate of drug-likeness (QED) is 0.729. The molecule has 1 amide bonds. The summed E-state index contributed by atoms with van der Waals surface area (Å²) in [5.41, 5.74) is 0.866. The van der Waals surface area contributed by atoms with E-state index in [1.807, 2.05) is 6.92 Å². The van der Waals surface area contributed by atoms with Crippen LogP contribution in [0.25, 0.3) is 10.1 Å². The summed E-state index contributed by atoms with van der Waals surface area (Å²) in [7, 11) is 0. The predicted molar refractivity (Wildman–Crippen MR) is 93.4 cm³/mol. The number of fused-ring (bicyclic) bond motifs is 1. The van der Waals surface area contributed by atoms with Crippen molar-refractivity contribution in [3.63, 3.8) is 0 Å². The van der Waals surface area contributed by atoms with Gasteiger partial charge in [-0.15, -0.1) is 11.3 Å². The molecule has 0 aliphatic rings. The number of rotatable bonds is 5. The first-order valence-corrected chi connectivity index (χ1v) is 8.51. The fourth-order valence-corrected chi connectivity index (χ4v) is 3.69. The Bertz CT molecular complexity index is 897. The van der Waals surface area contributed by atoms with Gasteiger partial charge in [0.05, 0.1) is 11.6 Å². The van der Waals surface area contributed by atoms with Crippen molar-refractivity contribution in [2.75, 3.05) is 6.61 Å². The third-order valence-electron chi connectivity index (χ3n) is 3.34. The van der Waals surface area contributed by atoms with Gasteiger partial charge in [0, 0.05) is 28.9 Å². The van der Waals surface area contributed by atoms with E-state index in [-0.39, 0.29) is 11.7 Å². The number of pyridine rings is 1. The maximum atomic E-state index is 13.3. The number of carbonyl (C=O) groups excluding carboxylic acids is 1. The van der Waals surface area contributed by atoms with Crippen molar-refractivity contribution in [3.05, 3.63) is 57.8 Å². The van der Waals surface area contributed by atoms with Crippen molar-refractivity contribution in [2.45, 2.75) is 13.5 Å². The van der Waals surface area contributed by atoms with Crippen molar-refractivity contribution >= 4 is 38.9 Å². The van der Waals surface area contributed by atoms with Crippen molar-refractivity contribution in [2.24, 2.45) is 0 Å². The molecule has 3 rings (SSSR count). The standard InChI is InChI=1S/C17H14ClFN2O2S/c1-2-23-14-7-10(5-6-20-14)9-21-17(22)16-15(18)12-4-3-11(19)8-13(12)24-16/h3-8H,2,9H2,1H3,(H,21,22). The maximum absolute atomic E-state index is 13.3. The minimum absolute atomic E-state index is 0.295. The van der Waals surface area contributed by atoms with Crippen LogP contribution in [0.2, 0.25) is 5.02 Å². The molecule has 0 fully saturated rings. The van der Waals surface area contributed by atoms with Crippen molar-refractivity contribution < 1.29 is 13.9 Å². The molecule has 0 unspecified atom stereocenters. The fraction of sp³-hybridized carbons (Fsp3) is 0.176. The number of hydrogen-bond donors (Lipinski definition) is 1. The summed E-state index contributed by atoms with van der Waals surface area (Å²) in [6.07, 6.45) is 1.63. The minimum atomic E-state index is -0.354. The van der Waals surface area contributed by atoms with Crippen LogP contribution in [0, 0.1) is 5.82 Å². The Morgan fingerprint density at radius 2 is 2.21 bits per heavy atom. The maximum Gasteiger partial charge on any atom is 0.263 e. The molecule has 0 radical (unpaired) electrons. The molecule has 0 saturated carbocycles. The number of ether oxygens (including phenoxy) is 1. The summed E-state index contributed by atoms with van der Waals surface area (Å²) in [6.45, 7) is 2.72. The lowest BCUT2D eigenvalue weighted by molar-refractivity contribution is 0.0955. The van der Waals surface area contributed by atoms with E-state index >= 15 is 0 Å². The SMILES string of the molecule is CCOc1cc(CNC(=O)c2sc3cc(F)ccc3c2Cl)ccn1. The van der Waals surface area contributed by atoms with Gasteiger partial charge in [-0.1, -0.05) is 11.6 Å². The van der Waals surface area contributed by atoms with E-state index in [1.165, 1.54) is 23.5 Å². The van der Waals surface area contributed by atoms with Gasteiger partial charge < -0.3 is 10.1 Å². The van der Waals surface area contributed by atoms with Crippen LogP contribution < -0.4 is 10.1 Å². The topological polar surface area (TPSA) is 51.2 Å². The van der Waals surface area contributed by atoms with Gasteiger partial charge in [0.15, 0.2) is 0 Å². The second-order valence-electron chi connectivity index (χ2n) is 5.00. The molecule has 3 aromatic rings. The highest BCUT2D eigenvalue weighted by Gasteiger charge is 2.17. The molecule has 124 valence electrons. The molecular weight excluding hydrogens is 351 g/mol. The zero-order chi connectivity index (χ0) is 17.1. The molecule has 24 heavy (non-hydrogen) atoms. The van der Waals surface area contributed by atoms with Crippen LogP contribution in [0.5, 0.6) is 5.88 Å². The smallest absolute Gasteiger partial charge is 0.263 e. The van der Waals surface area contributed by atoms with Gasteiger partial charge in [0.1, 0.15) is 10.7 Å². The third kappa shape index (κ3) is 3.49. The zero-order valence-electron chi connectivity index (χ0n) is 12.8. The van der Waals surface area contributed by atoms with Crippen LogP contribution in [0.15, 0.2) is 36.5 Å². The Hall–Kier alpha value is -2.18. The molecule has 4 nitrogen and oxygen atoms in total. The molecule has 0 atom stereocenters. The van der Waals surface area contributed by atoms with Crippen molar-refractivity contribution in [1.82, 2.24) is 10.3 Å². The van der Waals surface area contributed by atoms with Crippen LogP contribution in [0.3, 0.4) is 0 Å². The average molecular weight is 365 g/mol. The molecule has 0 aliphatic heterocycles. The van der Waals surface area contributed by atoms with Gasteiger partial charge in [0.25, 0.3) is 5.91 Å². The first-order valence-electron chi connectivity index (χ1n) is 7.32. The van der Waals surface area contributed by atoms with Crippen LogP contribution in [-0.2, 0) is 6.54 Å². The summed E-state index contributed by atoms with van der Waals surface area (Å²) < 4.78 is 19.3. The largest absolute Gasteiger partial charge is 0.478 e. The lowest BCUT2D eigenvalue weighted by Gasteiger charge is -2.06. The summed E-state index contributed by atoms with van der Waals surface area (Å²) in [5.74, 6) is -0.136. The number of amides is 1. The number of halogens is 2. The summed E-state index contributed by atoms with van der Waals surface area (Å²) >= 11 is 7.42. The van der Waals surface area contributed by atoms with Gasteiger partial charge in [-0.3, -0.25) is 4.79 Å². The van der Waals surface area contributed by atoms with Crippen LogP contribution >= 0.6 is 22.9 Å². The molecule has 2 heterocycles. The molecule has 7 heteroatoms. The number of thiophene rings is 1. The summed E-state index contributed by atoms with van der Waals surface area (Å²) in [5, 5.41) is 3.83. The lowest BCUT2D eigenvalue weighted by atomic mass is 10.2. The highest BCUT2D eigenvalue weighted by Crippen LogP contribution is 2.35. The van der Waals surface area contributed by atoms with Crippen molar-refractivity contribution in [1.29, 1.82) is 0 Å². The van der Waals surface area contributed by atoms with E-state index in [0.717, 1.165) is 5.56 Å². The van der Waals surface area contributed by atoms with Gasteiger partial charge in [0.2, 0.25) is 5.88 Å². The van der Waals surface area contributed by atoms with E-state index in [0.29, 0.717) is 39.0 Å². The second-order valence-corrected chi connectivity index (χ2v) is 6.43. The second kappa shape index (κ2) is 7.15. The number of benzene rings is 1. The number of carbonyl (C=O) groups is 1. The van der Waals surface area contributed by atoms with Gasteiger partial charge in [-0.25, -0.2) is 9.37 Å². The van der Waals surface area contributed by atoms with E-state index in [2.05, 4.69) is 10.3 Å². The monoisotopic (exact) mass is 364 g/mol. The molecule has 1 aromatic carbocycles.